The first-order valence-corrected chi connectivity index (χ1v) is 15.7. The quantitative estimate of drug-likeness (QED) is 0.294. The zero-order valence-electron chi connectivity index (χ0n) is 25.5. The largest absolute Gasteiger partial charge is 0.481 e. The SMILES string of the molecule is CCCC(=O)O[C@@H]1CC(C)(C)[C@@H]2CC[C@]3(C)[C@H](CC=C4[C@@H]5CC(C)(C)CC[C@]5(C(=O)O)CC[C@]43C)[C@@]2(C)C1. The molecule has 0 unspecified atom stereocenters. The molecule has 5 rings (SSSR count). The lowest BCUT2D eigenvalue weighted by Crippen LogP contribution is -2.64. The van der Waals surface area contributed by atoms with Crippen molar-refractivity contribution in [1.82, 2.24) is 0 Å². The van der Waals surface area contributed by atoms with Crippen LogP contribution in [0.3, 0.4) is 0 Å². The number of esters is 1. The first-order valence-electron chi connectivity index (χ1n) is 15.7. The molecular weight excluding hydrogens is 472 g/mol. The fraction of sp³-hybridized carbons (Fsp3) is 0.882. The standard InChI is InChI=1S/C34H54O4/c1-9-10-27(35)38-22-19-30(4,5)25-13-14-33(8)26(31(25,6)20-22)12-11-23-24-21-29(2,3)15-17-34(24,28(36)37)18-16-32(23,33)7/h11,22,24-26H,9-10,12-21H2,1-8H3,(H,36,37)/t22-,24+,25+,26-,31+,32-,33-,34+/m1/s1. The topological polar surface area (TPSA) is 63.6 Å². The molecular formula is C34H54O4. The summed E-state index contributed by atoms with van der Waals surface area (Å²) in [6, 6.07) is 0. The van der Waals surface area contributed by atoms with E-state index < -0.39 is 11.4 Å². The monoisotopic (exact) mass is 526 g/mol. The molecule has 5 aliphatic carbocycles. The van der Waals surface area contributed by atoms with E-state index in [4.69, 9.17) is 4.74 Å². The van der Waals surface area contributed by atoms with Gasteiger partial charge >= 0.3 is 11.9 Å². The van der Waals surface area contributed by atoms with E-state index in [0.717, 1.165) is 57.8 Å². The lowest BCUT2D eigenvalue weighted by molar-refractivity contribution is -0.207. The third-order valence-electron chi connectivity index (χ3n) is 13.4. The minimum absolute atomic E-state index is 0.00371. The van der Waals surface area contributed by atoms with E-state index in [1.807, 2.05) is 6.92 Å². The molecule has 214 valence electrons. The number of fused-ring (bicyclic) bond motifs is 7. The van der Waals surface area contributed by atoms with Gasteiger partial charge in [-0.1, -0.05) is 67.0 Å². The van der Waals surface area contributed by atoms with Gasteiger partial charge in [0.1, 0.15) is 6.10 Å². The second-order valence-corrected chi connectivity index (χ2v) is 16.4. The fourth-order valence-electron chi connectivity index (χ4n) is 11.4. The molecule has 0 heterocycles. The van der Waals surface area contributed by atoms with Crippen LogP contribution in [0.4, 0.5) is 0 Å². The fourth-order valence-corrected chi connectivity index (χ4v) is 11.4. The molecule has 4 fully saturated rings. The van der Waals surface area contributed by atoms with Gasteiger partial charge < -0.3 is 9.84 Å². The number of aliphatic carboxylic acids is 1. The van der Waals surface area contributed by atoms with Crippen molar-refractivity contribution in [2.45, 2.75) is 139 Å². The number of allylic oxidation sites excluding steroid dienone is 2. The van der Waals surface area contributed by atoms with E-state index in [0.29, 0.717) is 18.3 Å². The highest BCUT2D eigenvalue weighted by Crippen LogP contribution is 2.75. The number of hydrogen-bond acceptors (Lipinski definition) is 3. The van der Waals surface area contributed by atoms with Gasteiger partial charge in [-0.2, -0.15) is 0 Å². The summed E-state index contributed by atoms with van der Waals surface area (Å²) in [6.45, 7) is 19.1. The normalized spacial score (nSPS) is 46.9. The molecule has 1 N–H and O–H groups in total. The number of carbonyl (C=O) groups excluding carboxylic acids is 1. The first-order chi connectivity index (χ1) is 17.5. The molecule has 38 heavy (non-hydrogen) atoms. The minimum Gasteiger partial charge on any atom is -0.481 e. The summed E-state index contributed by atoms with van der Waals surface area (Å²) in [5, 5.41) is 10.6. The second kappa shape index (κ2) is 8.84. The summed E-state index contributed by atoms with van der Waals surface area (Å²) < 4.78 is 6.14. The Morgan fingerprint density at radius 3 is 2.26 bits per heavy atom. The molecule has 0 aromatic rings. The number of carboxylic acids is 1. The van der Waals surface area contributed by atoms with Crippen molar-refractivity contribution in [1.29, 1.82) is 0 Å². The Bertz CT molecular complexity index is 1020. The van der Waals surface area contributed by atoms with Crippen molar-refractivity contribution in [2.75, 3.05) is 0 Å². The van der Waals surface area contributed by atoms with E-state index in [9.17, 15) is 14.7 Å². The highest BCUT2D eigenvalue weighted by atomic mass is 16.5. The Kier molecular flexibility index (Phi) is 6.56. The average molecular weight is 527 g/mol. The highest BCUT2D eigenvalue weighted by molar-refractivity contribution is 5.76. The molecule has 4 nitrogen and oxygen atoms in total. The van der Waals surface area contributed by atoms with E-state index in [2.05, 4.69) is 54.5 Å². The van der Waals surface area contributed by atoms with Gasteiger partial charge in [0.25, 0.3) is 0 Å². The summed E-state index contributed by atoms with van der Waals surface area (Å²) in [5.41, 5.74) is 1.47. The van der Waals surface area contributed by atoms with Gasteiger partial charge in [0.2, 0.25) is 0 Å². The van der Waals surface area contributed by atoms with Crippen molar-refractivity contribution in [3.8, 4) is 0 Å². The predicted molar refractivity (Wildman–Crippen MR) is 151 cm³/mol. The summed E-state index contributed by atoms with van der Waals surface area (Å²) in [7, 11) is 0. The van der Waals surface area contributed by atoms with Crippen LogP contribution < -0.4 is 0 Å². The Hall–Kier alpha value is -1.32. The van der Waals surface area contributed by atoms with Crippen molar-refractivity contribution in [3.05, 3.63) is 11.6 Å². The van der Waals surface area contributed by atoms with Crippen molar-refractivity contribution >= 4 is 11.9 Å². The summed E-state index contributed by atoms with van der Waals surface area (Å²) >= 11 is 0. The van der Waals surface area contributed by atoms with Crippen molar-refractivity contribution in [3.63, 3.8) is 0 Å². The van der Waals surface area contributed by atoms with Crippen LogP contribution in [0.5, 0.6) is 0 Å². The zero-order valence-corrected chi connectivity index (χ0v) is 25.5. The average Bonchev–Trinajstić information content (AvgIpc) is 2.78. The summed E-state index contributed by atoms with van der Waals surface area (Å²) in [6.07, 6.45) is 13.9. The number of rotatable bonds is 4. The third kappa shape index (κ3) is 3.88. The molecule has 4 saturated carbocycles. The van der Waals surface area contributed by atoms with Crippen LogP contribution in [0, 0.1) is 50.2 Å². The van der Waals surface area contributed by atoms with E-state index in [-0.39, 0.29) is 45.1 Å². The number of hydrogen-bond donors (Lipinski definition) is 1. The van der Waals surface area contributed by atoms with Crippen LogP contribution in [-0.2, 0) is 14.3 Å². The van der Waals surface area contributed by atoms with Crippen LogP contribution in [0.25, 0.3) is 0 Å². The molecule has 0 spiro atoms. The summed E-state index contributed by atoms with van der Waals surface area (Å²) in [5.74, 6) is 0.682. The van der Waals surface area contributed by atoms with E-state index in [1.165, 1.54) is 18.4 Å². The van der Waals surface area contributed by atoms with E-state index in [1.54, 1.807) is 0 Å². The number of carbonyl (C=O) groups is 2. The Labute approximate surface area is 231 Å². The molecule has 0 aromatic heterocycles. The Morgan fingerprint density at radius 2 is 1.61 bits per heavy atom. The lowest BCUT2D eigenvalue weighted by atomic mass is 9.33. The van der Waals surface area contributed by atoms with E-state index >= 15 is 0 Å². The molecule has 0 amide bonds. The van der Waals surface area contributed by atoms with Gasteiger partial charge in [0.05, 0.1) is 5.41 Å². The van der Waals surface area contributed by atoms with Gasteiger partial charge in [-0.25, -0.2) is 0 Å². The lowest BCUT2D eigenvalue weighted by Gasteiger charge is -2.71. The number of ether oxygens (including phenoxy) is 1. The molecule has 0 aromatic carbocycles. The van der Waals surface area contributed by atoms with Crippen molar-refractivity contribution in [2.24, 2.45) is 50.2 Å². The predicted octanol–water partition coefficient (Wildman–Crippen LogP) is 8.58. The molecule has 4 heteroatoms. The van der Waals surface area contributed by atoms with Gasteiger partial charge in [0, 0.05) is 6.42 Å². The minimum atomic E-state index is -0.587. The molecule has 0 radical (unpaired) electrons. The Balaban J connectivity index is 1.54. The van der Waals surface area contributed by atoms with Gasteiger partial charge in [-0.15, -0.1) is 0 Å². The third-order valence-corrected chi connectivity index (χ3v) is 13.4. The first kappa shape index (κ1) is 28.2. The zero-order chi connectivity index (χ0) is 27.9. The van der Waals surface area contributed by atoms with Crippen molar-refractivity contribution < 1.29 is 19.4 Å². The maximum absolute atomic E-state index is 12.9. The van der Waals surface area contributed by atoms with Crippen LogP contribution >= 0.6 is 0 Å². The molecule has 0 saturated heterocycles. The summed E-state index contributed by atoms with van der Waals surface area (Å²) in [4.78, 5) is 25.4. The van der Waals surface area contributed by atoms with Crippen LogP contribution in [0.2, 0.25) is 0 Å². The maximum Gasteiger partial charge on any atom is 0.310 e. The molecule has 8 atom stereocenters. The molecule has 0 bridgehead atoms. The van der Waals surface area contributed by atoms with Crippen LogP contribution in [0.15, 0.2) is 11.6 Å². The van der Waals surface area contributed by atoms with Crippen LogP contribution in [-0.4, -0.2) is 23.1 Å². The van der Waals surface area contributed by atoms with Gasteiger partial charge in [-0.05, 0) is 115 Å². The Morgan fingerprint density at radius 1 is 0.921 bits per heavy atom. The number of carboxylic acid groups (broad SMARTS) is 1. The smallest absolute Gasteiger partial charge is 0.310 e. The van der Waals surface area contributed by atoms with Crippen LogP contribution in [0.1, 0.15) is 132 Å². The highest BCUT2D eigenvalue weighted by Gasteiger charge is 2.69. The maximum atomic E-state index is 12.9. The molecule has 5 aliphatic rings. The second-order valence-electron chi connectivity index (χ2n) is 16.4. The van der Waals surface area contributed by atoms with Gasteiger partial charge in [0.15, 0.2) is 0 Å². The van der Waals surface area contributed by atoms with Gasteiger partial charge in [-0.3, -0.25) is 9.59 Å². The molecule has 0 aliphatic heterocycles.